The van der Waals surface area contributed by atoms with Gasteiger partial charge < -0.3 is 19.9 Å². The highest BCUT2D eigenvalue weighted by Crippen LogP contribution is 2.33. The summed E-state index contributed by atoms with van der Waals surface area (Å²) in [6, 6.07) is 5.36. The molecule has 0 aliphatic carbocycles. The first-order chi connectivity index (χ1) is 7.28. The highest BCUT2D eigenvalue weighted by atomic mass is 16.5. The molecule has 0 fully saturated rings. The van der Waals surface area contributed by atoms with Crippen LogP contribution in [0.1, 0.15) is 11.6 Å². The molecule has 84 valence electrons. The quantitative estimate of drug-likeness (QED) is 0.761. The van der Waals surface area contributed by atoms with Crippen LogP contribution in [0.2, 0.25) is 0 Å². The van der Waals surface area contributed by atoms with Crippen molar-refractivity contribution in [3.8, 4) is 11.5 Å². The maximum atomic E-state index is 9.25. The number of likely N-dealkylation sites (N-methyl/N-ethyl adjacent to an activating group) is 1. The van der Waals surface area contributed by atoms with Crippen LogP contribution in [0.25, 0.3) is 0 Å². The monoisotopic (exact) mass is 211 g/mol. The number of benzene rings is 1. The van der Waals surface area contributed by atoms with Crippen LogP contribution in [0.5, 0.6) is 11.5 Å². The molecule has 1 rings (SSSR count). The Morgan fingerprint density at radius 2 is 1.80 bits per heavy atom. The van der Waals surface area contributed by atoms with Crippen LogP contribution in [0.15, 0.2) is 18.2 Å². The van der Waals surface area contributed by atoms with Crippen molar-refractivity contribution in [2.45, 2.75) is 6.04 Å². The SMILES string of the molecule is CNC(CO)c1c(OC)cccc1OC. The molecular weight excluding hydrogens is 194 g/mol. The number of aliphatic hydroxyl groups is 1. The zero-order valence-electron chi connectivity index (χ0n) is 9.28. The lowest BCUT2D eigenvalue weighted by molar-refractivity contribution is 0.243. The molecule has 0 saturated heterocycles. The molecule has 0 amide bonds. The lowest BCUT2D eigenvalue weighted by Crippen LogP contribution is -2.21. The molecule has 0 aromatic heterocycles. The van der Waals surface area contributed by atoms with Crippen molar-refractivity contribution in [1.82, 2.24) is 5.32 Å². The molecule has 4 heteroatoms. The molecule has 2 N–H and O–H groups in total. The van der Waals surface area contributed by atoms with E-state index in [1.807, 2.05) is 18.2 Å². The number of methoxy groups -OCH3 is 2. The average molecular weight is 211 g/mol. The van der Waals surface area contributed by atoms with Crippen molar-refractivity contribution in [1.29, 1.82) is 0 Å². The van der Waals surface area contributed by atoms with Crippen molar-refractivity contribution >= 4 is 0 Å². The maximum absolute atomic E-state index is 9.25. The van der Waals surface area contributed by atoms with Crippen molar-refractivity contribution in [2.75, 3.05) is 27.9 Å². The van der Waals surface area contributed by atoms with Gasteiger partial charge in [0.2, 0.25) is 0 Å². The third-order valence-corrected chi connectivity index (χ3v) is 2.35. The molecule has 1 atom stereocenters. The number of ether oxygens (including phenoxy) is 2. The molecule has 1 unspecified atom stereocenters. The fraction of sp³-hybridized carbons (Fsp3) is 0.455. The standard InChI is InChI=1S/C11H17NO3/c1-12-8(7-13)11-9(14-2)5-4-6-10(11)15-3/h4-6,8,12-13H,7H2,1-3H3. The minimum Gasteiger partial charge on any atom is -0.496 e. The van der Waals surface area contributed by atoms with Gasteiger partial charge in [-0.3, -0.25) is 0 Å². The predicted molar refractivity (Wildman–Crippen MR) is 58.4 cm³/mol. The van der Waals surface area contributed by atoms with Gasteiger partial charge in [0.05, 0.1) is 32.4 Å². The van der Waals surface area contributed by atoms with Gasteiger partial charge >= 0.3 is 0 Å². The largest absolute Gasteiger partial charge is 0.496 e. The topological polar surface area (TPSA) is 50.7 Å². The normalized spacial score (nSPS) is 12.3. The third kappa shape index (κ3) is 2.40. The molecule has 0 spiro atoms. The van der Waals surface area contributed by atoms with E-state index in [2.05, 4.69) is 5.32 Å². The van der Waals surface area contributed by atoms with E-state index in [9.17, 15) is 5.11 Å². The number of hydrogen-bond acceptors (Lipinski definition) is 4. The van der Waals surface area contributed by atoms with Crippen LogP contribution in [-0.2, 0) is 0 Å². The zero-order valence-corrected chi connectivity index (χ0v) is 9.28. The Bertz CT molecular complexity index is 288. The minimum absolute atomic E-state index is 0.00671. The molecule has 0 saturated carbocycles. The number of aliphatic hydroxyl groups excluding tert-OH is 1. The summed E-state index contributed by atoms with van der Waals surface area (Å²) in [5, 5.41) is 12.3. The minimum atomic E-state index is -0.184. The van der Waals surface area contributed by atoms with Gasteiger partial charge in [0.1, 0.15) is 11.5 Å². The Labute approximate surface area is 89.8 Å². The first kappa shape index (κ1) is 11.8. The van der Waals surface area contributed by atoms with Crippen molar-refractivity contribution < 1.29 is 14.6 Å². The smallest absolute Gasteiger partial charge is 0.127 e. The van der Waals surface area contributed by atoms with Crippen molar-refractivity contribution in [3.63, 3.8) is 0 Å². The van der Waals surface area contributed by atoms with Gasteiger partial charge in [0, 0.05) is 0 Å². The first-order valence-electron chi connectivity index (χ1n) is 4.77. The summed E-state index contributed by atoms with van der Waals surface area (Å²) in [7, 11) is 4.98. The van der Waals surface area contributed by atoms with Crippen LogP contribution >= 0.6 is 0 Å². The van der Waals surface area contributed by atoms with E-state index in [0.29, 0.717) is 11.5 Å². The highest BCUT2D eigenvalue weighted by Gasteiger charge is 2.18. The number of rotatable bonds is 5. The van der Waals surface area contributed by atoms with Gasteiger partial charge in [-0.1, -0.05) is 6.07 Å². The van der Waals surface area contributed by atoms with Crippen molar-refractivity contribution in [2.24, 2.45) is 0 Å². The second-order valence-electron chi connectivity index (χ2n) is 3.10. The molecule has 1 aromatic rings. The molecule has 0 aliphatic heterocycles. The summed E-state index contributed by atoms with van der Waals surface area (Å²) in [6.07, 6.45) is 0. The van der Waals surface area contributed by atoms with Crippen LogP contribution in [0, 0.1) is 0 Å². The van der Waals surface area contributed by atoms with Gasteiger partial charge in [-0.2, -0.15) is 0 Å². The predicted octanol–water partition coefficient (Wildman–Crippen LogP) is 0.957. The maximum Gasteiger partial charge on any atom is 0.127 e. The summed E-state index contributed by atoms with van der Waals surface area (Å²) in [6.45, 7) is -0.00671. The average Bonchev–Trinajstić information content (AvgIpc) is 2.30. The number of nitrogens with one attached hydrogen (secondary N) is 1. The molecule has 15 heavy (non-hydrogen) atoms. The summed E-state index contributed by atoms with van der Waals surface area (Å²) < 4.78 is 10.5. The molecule has 4 nitrogen and oxygen atoms in total. The first-order valence-corrected chi connectivity index (χ1v) is 4.77. The van der Waals surface area contributed by atoms with Crippen LogP contribution in [0.4, 0.5) is 0 Å². The summed E-state index contributed by atoms with van der Waals surface area (Å²) >= 11 is 0. The second-order valence-corrected chi connectivity index (χ2v) is 3.10. The highest BCUT2D eigenvalue weighted by molar-refractivity contribution is 5.47. The second kappa shape index (κ2) is 5.58. The Hall–Kier alpha value is -1.26. The molecule has 0 heterocycles. The van der Waals surface area contributed by atoms with E-state index in [4.69, 9.17) is 9.47 Å². The summed E-state index contributed by atoms with van der Waals surface area (Å²) in [4.78, 5) is 0. The summed E-state index contributed by atoms with van der Waals surface area (Å²) in [5.74, 6) is 1.42. The zero-order chi connectivity index (χ0) is 11.3. The Morgan fingerprint density at radius 3 is 2.13 bits per heavy atom. The lowest BCUT2D eigenvalue weighted by Gasteiger charge is -2.19. The van der Waals surface area contributed by atoms with Crippen LogP contribution < -0.4 is 14.8 Å². The van der Waals surface area contributed by atoms with E-state index in [1.54, 1.807) is 21.3 Å². The van der Waals surface area contributed by atoms with E-state index in [-0.39, 0.29) is 12.6 Å². The third-order valence-electron chi connectivity index (χ3n) is 2.35. The lowest BCUT2D eigenvalue weighted by atomic mass is 10.1. The Balaban J connectivity index is 3.20. The van der Waals surface area contributed by atoms with Gasteiger partial charge in [-0.25, -0.2) is 0 Å². The van der Waals surface area contributed by atoms with E-state index in [1.165, 1.54) is 0 Å². The molecule has 0 bridgehead atoms. The fourth-order valence-corrected chi connectivity index (χ4v) is 1.55. The van der Waals surface area contributed by atoms with E-state index >= 15 is 0 Å². The van der Waals surface area contributed by atoms with Crippen molar-refractivity contribution in [3.05, 3.63) is 23.8 Å². The van der Waals surface area contributed by atoms with Crippen LogP contribution in [0.3, 0.4) is 0 Å². The van der Waals surface area contributed by atoms with E-state index in [0.717, 1.165) is 5.56 Å². The fourth-order valence-electron chi connectivity index (χ4n) is 1.55. The number of hydrogen-bond donors (Lipinski definition) is 2. The Morgan fingerprint density at radius 1 is 1.27 bits per heavy atom. The van der Waals surface area contributed by atoms with Gasteiger partial charge in [0.15, 0.2) is 0 Å². The molecule has 0 aliphatic rings. The molecule has 1 aromatic carbocycles. The molecule has 0 radical (unpaired) electrons. The Kier molecular flexibility index (Phi) is 4.39. The van der Waals surface area contributed by atoms with Gasteiger partial charge in [-0.05, 0) is 19.2 Å². The molecular formula is C11H17NO3. The summed E-state index contributed by atoms with van der Waals surface area (Å²) in [5.41, 5.74) is 0.840. The van der Waals surface area contributed by atoms with E-state index < -0.39 is 0 Å². The van der Waals surface area contributed by atoms with Crippen LogP contribution in [-0.4, -0.2) is 33.0 Å². The van der Waals surface area contributed by atoms with Gasteiger partial charge in [0.25, 0.3) is 0 Å². The van der Waals surface area contributed by atoms with Gasteiger partial charge in [-0.15, -0.1) is 0 Å².